The molecule has 0 aliphatic heterocycles. The Labute approximate surface area is 109 Å². The summed E-state index contributed by atoms with van der Waals surface area (Å²) in [5.74, 6) is 1.89. The first-order valence-electron chi connectivity index (χ1n) is 7.05. The molecule has 0 aromatic heterocycles. The van der Waals surface area contributed by atoms with Crippen molar-refractivity contribution in [2.24, 2.45) is 5.92 Å². The van der Waals surface area contributed by atoms with Crippen LogP contribution in [0.15, 0.2) is 24.3 Å². The predicted octanol–water partition coefficient (Wildman–Crippen LogP) is 4.24. The second-order valence-electron chi connectivity index (χ2n) is 5.07. The topological polar surface area (TPSA) is 26.3 Å². The first-order chi connectivity index (χ1) is 8.79. The third-order valence-corrected chi connectivity index (χ3v) is 3.74. The minimum Gasteiger partial charge on any atom is -0.494 e. The van der Waals surface area contributed by atoms with Crippen LogP contribution in [-0.2, 0) is 0 Å². The molecule has 0 amide bonds. The first-order valence-corrected chi connectivity index (χ1v) is 7.05. The molecule has 0 N–H and O–H groups in total. The molecule has 18 heavy (non-hydrogen) atoms. The van der Waals surface area contributed by atoms with Crippen molar-refractivity contribution in [3.63, 3.8) is 0 Å². The number of hydrogen-bond donors (Lipinski definition) is 0. The van der Waals surface area contributed by atoms with Crippen LogP contribution >= 0.6 is 0 Å². The van der Waals surface area contributed by atoms with Gasteiger partial charge in [0.05, 0.1) is 6.61 Å². The number of ketones is 1. The smallest absolute Gasteiger partial charge is 0.162 e. The Kier molecular flexibility index (Phi) is 4.80. The van der Waals surface area contributed by atoms with Gasteiger partial charge in [-0.25, -0.2) is 0 Å². The van der Waals surface area contributed by atoms with E-state index in [1.54, 1.807) is 0 Å². The van der Waals surface area contributed by atoms with E-state index in [1.165, 1.54) is 25.7 Å². The molecule has 1 fully saturated rings. The Morgan fingerprint density at radius 3 is 2.50 bits per heavy atom. The molecule has 0 unspecified atom stereocenters. The fourth-order valence-electron chi connectivity index (χ4n) is 2.68. The lowest BCUT2D eigenvalue weighted by atomic mass is 9.97. The van der Waals surface area contributed by atoms with Crippen molar-refractivity contribution in [2.75, 3.05) is 6.61 Å². The van der Waals surface area contributed by atoms with Gasteiger partial charge in [-0.1, -0.05) is 25.7 Å². The summed E-state index contributed by atoms with van der Waals surface area (Å²) in [6, 6.07) is 7.52. The summed E-state index contributed by atoms with van der Waals surface area (Å²) in [5.41, 5.74) is 0.816. The summed E-state index contributed by atoms with van der Waals surface area (Å²) in [6.45, 7) is 2.62. The molecule has 2 rings (SSSR count). The van der Waals surface area contributed by atoms with E-state index in [2.05, 4.69) is 0 Å². The highest BCUT2D eigenvalue weighted by Gasteiger charge is 2.16. The Morgan fingerprint density at radius 1 is 1.22 bits per heavy atom. The number of rotatable bonds is 6. The maximum atomic E-state index is 12.0. The molecule has 1 aliphatic carbocycles. The summed E-state index contributed by atoms with van der Waals surface area (Å²) in [7, 11) is 0. The molecule has 2 nitrogen and oxygen atoms in total. The first kappa shape index (κ1) is 13.1. The van der Waals surface area contributed by atoms with Crippen LogP contribution in [0.1, 0.15) is 55.8 Å². The van der Waals surface area contributed by atoms with E-state index < -0.39 is 0 Å². The molecule has 1 aliphatic rings. The molecular weight excluding hydrogens is 224 g/mol. The Balaban J connectivity index is 1.83. The van der Waals surface area contributed by atoms with Gasteiger partial charge in [-0.15, -0.1) is 0 Å². The largest absolute Gasteiger partial charge is 0.494 e. The van der Waals surface area contributed by atoms with Gasteiger partial charge in [-0.2, -0.15) is 0 Å². The maximum absolute atomic E-state index is 12.0. The van der Waals surface area contributed by atoms with Crippen LogP contribution in [-0.4, -0.2) is 12.4 Å². The van der Waals surface area contributed by atoms with E-state index in [0.717, 1.165) is 23.7 Å². The summed E-state index contributed by atoms with van der Waals surface area (Å²) in [5, 5.41) is 0. The molecule has 0 radical (unpaired) electrons. The molecule has 1 aromatic carbocycles. The lowest BCUT2D eigenvalue weighted by Gasteiger charge is -2.08. The van der Waals surface area contributed by atoms with Crippen LogP contribution in [0.5, 0.6) is 5.75 Å². The van der Waals surface area contributed by atoms with Gasteiger partial charge >= 0.3 is 0 Å². The average molecular weight is 246 g/mol. The van der Waals surface area contributed by atoms with Gasteiger partial charge in [-0.3, -0.25) is 4.79 Å². The van der Waals surface area contributed by atoms with E-state index in [4.69, 9.17) is 4.74 Å². The van der Waals surface area contributed by atoms with Gasteiger partial charge in [-0.05, 0) is 43.5 Å². The quantitative estimate of drug-likeness (QED) is 0.702. The zero-order valence-electron chi connectivity index (χ0n) is 11.2. The van der Waals surface area contributed by atoms with E-state index in [0.29, 0.717) is 13.0 Å². The maximum Gasteiger partial charge on any atom is 0.162 e. The van der Waals surface area contributed by atoms with Crippen LogP contribution in [0.4, 0.5) is 0 Å². The highest BCUT2D eigenvalue weighted by molar-refractivity contribution is 5.96. The fourth-order valence-corrected chi connectivity index (χ4v) is 2.68. The number of hydrogen-bond acceptors (Lipinski definition) is 2. The number of carbonyl (C=O) groups excluding carboxylic acids is 1. The fraction of sp³-hybridized carbons (Fsp3) is 0.562. The van der Waals surface area contributed by atoms with E-state index in [1.807, 2.05) is 31.2 Å². The molecule has 0 atom stereocenters. The van der Waals surface area contributed by atoms with Gasteiger partial charge in [0.25, 0.3) is 0 Å². The van der Waals surface area contributed by atoms with Crippen LogP contribution in [0, 0.1) is 5.92 Å². The third kappa shape index (κ3) is 3.59. The van der Waals surface area contributed by atoms with Gasteiger partial charge in [0.1, 0.15) is 5.75 Å². The van der Waals surface area contributed by atoms with Crippen LogP contribution in [0.3, 0.4) is 0 Å². The minimum absolute atomic E-state index is 0.268. The number of Topliss-reactive ketones (excluding diaryl/α,β-unsaturated/α-hetero) is 1. The Hall–Kier alpha value is -1.31. The van der Waals surface area contributed by atoms with Crippen molar-refractivity contribution in [1.82, 2.24) is 0 Å². The Morgan fingerprint density at radius 2 is 1.89 bits per heavy atom. The molecule has 0 heterocycles. The molecule has 2 heteroatoms. The standard InChI is InChI=1S/C16H22O2/c1-2-18-15-10-8-14(9-11-15)16(17)12-7-13-5-3-4-6-13/h8-11,13H,2-7,12H2,1H3. The molecule has 98 valence electrons. The zero-order chi connectivity index (χ0) is 12.8. The van der Waals surface area contributed by atoms with Gasteiger partial charge in [0.2, 0.25) is 0 Å². The van der Waals surface area contributed by atoms with Gasteiger partial charge < -0.3 is 4.74 Å². The molecule has 0 spiro atoms. The minimum atomic E-state index is 0.268. The lowest BCUT2D eigenvalue weighted by molar-refractivity contribution is 0.0974. The van der Waals surface area contributed by atoms with Crippen molar-refractivity contribution in [2.45, 2.75) is 45.4 Å². The van der Waals surface area contributed by atoms with Crippen molar-refractivity contribution in [3.05, 3.63) is 29.8 Å². The average Bonchev–Trinajstić information content (AvgIpc) is 2.90. The third-order valence-electron chi connectivity index (χ3n) is 3.74. The van der Waals surface area contributed by atoms with Crippen LogP contribution in [0.25, 0.3) is 0 Å². The highest BCUT2D eigenvalue weighted by atomic mass is 16.5. The van der Waals surface area contributed by atoms with Crippen molar-refractivity contribution >= 4 is 5.78 Å². The van der Waals surface area contributed by atoms with E-state index in [9.17, 15) is 4.79 Å². The molecule has 0 saturated heterocycles. The molecule has 1 aromatic rings. The lowest BCUT2D eigenvalue weighted by Crippen LogP contribution is -2.03. The van der Waals surface area contributed by atoms with E-state index >= 15 is 0 Å². The van der Waals surface area contributed by atoms with Crippen molar-refractivity contribution in [1.29, 1.82) is 0 Å². The predicted molar refractivity (Wildman–Crippen MR) is 73.1 cm³/mol. The number of benzene rings is 1. The second kappa shape index (κ2) is 6.58. The summed E-state index contributed by atoms with van der Waals surface area (Å²) in [6.07, 6.45) is 7.08. The van der Waals surface area contributed by atoms with Crippen molar-refractivity contribution < 1.29 is 9.53 Å². The zero-order valence-corrected chi connectivity index (χ0v) is 11.2. The van der Waals surface area contributed by atoms with E-state index in [-0.39, 0.29) is 5.78 Å². The molecular formula is C16H22O2. The van der Waals surface area contributed by atoms with Crippen molar-refractivity contribution in [3.8, 4) is 5.75 Å². The van der Waals surface area contributed by atoms with Gasteiger partial charge in [0, 0.05) is 12.0 Å². The number of ether oxygens (including phenoxy) is 1. The summed E-state index contributed by atoms with van der Waals surface area (Å²) >= 11 is 0. The monoisotopic (exact) mass is 246 g/mol. The van der Waals surface area contributed by atoms with Crippen LogP contribution < -0.4 is 4.74 Å². The Bertz CT molecular complexity index is 375. The second-order valence-corrected chi connectivity index (χ2v) is 5.07. The van der Waals surface area contributed by atoms with Gasteiger partial charge in [0.15, 0.2) is 5.78 Å². The van der Waals surface area contributed by atoms with Crippen LogP contribution in [0.2, 0.25) is 0 Å². The highest BCUT2D eigenvalue weighted by Crippen LogP contribution is 2.29. The summed E-state index contributed by atoms with van der Waals surface area (Å²) in [4.78, 5) is 12.0. The molecule has 1 saturated carbocycles. The SMILES string of the molecule is CCOc1ccc(C(=O)CCC2CCCC2)cc1. The summed E-state index contributed by atoms with van der Waals surface area (Å²) < 4.78 is 5.37. The number of carbonyl (C=O) groups is 1. The molecule has 0 bridgehead atoms. The normalized spacial score (nSPS) is 15.8.